The number of allylic oxidation sites excluding steroid dienone is 12. The maximum Gasteiger partial charge on any atom is 0.472 e. The first-order valence-electron chi connectivity index (χ1n) is 23.4. The first kappa shape index (κ1) is 56.5. The predicted octanol–water partition coefficient (Wildman–Crippen LogP) is 13.8. The van der Waals surface area contributed by atoms with Crippen LogP contribution in [0, 0.1) is 0 Å². The topological polar surface area (TPSA) is 134 Å². The van der Waals surface area contributed by atoms with E-state index in [0.717, 1.165) is 64.2 Å². The van der Waals surface area contributed by atoms with Crippen LogP contribution in [0.3, 0.4) is 0 Å². The fourth-order valence-electron chi connectivity index (χ4n) is 6.12. The average molecular weight is 848 g/mol. The molecule has 1 unspecified atom stereocenters. The number of phosphoric acid groups is 1. The quantitative estimate of drug-likeness (QED) is 0.0266. The van der Waals surface area contributed by atoms with Crippen LogP contribution >= 0.6 is 7.82 Å². The van der Waals surface area contributed by atoms with Crippen LogP contribution in [-0.4, -0.2) is 49.3 Å². The Labute approximate surface area is 361 Å². The summed E-state index contributed by atoms with van der Waals surface area (Å²) in [6, 6.07) is 0. The van der Waals surface area contributed by atoms with Crippen molar-refractivity contribution in [1.82, 2.24) is 0 Å². The largest absolute Gasteiger partial charge is 0.472 e. The highest BCUT2D eigenvalue weighted by Gasteiger charge is 2.25. The van der Waals surface area contributed by atoms with Gasteiger partial charge in [-0.1, -0.05) is 170 Å². The number of esters is 2. The van der Waals surface area contributed by atoms with Crippen LogP contribution in [0.25, 0.3) is 0 Å². The summed E-state index contributed by atoms with van der Waals surface area (Å²) in [5, 5.41) is 0. The Morgan fingerprint density at radius 2 is 0.966 bits per heavy atom. The van der Waals surface area contributed by atoms with Crippen LogP contribution in [0.1, 0.15) is 194 Å². The van der Waals surface area contributed by atoms with Crippen LogP contribution in [0.5, 0.6) is 0 Å². The van der Waals surface area contributed by atoms with Gasteiger partial charge in [-0.3, -0.25) is 18.6 Å². The van der Waals surface area contributed by atoms with Gasteiger partial charge in [0.1, 0.15) is 6.61 Å². The number of nitrogens with two attached hydrogens (primary N) is 1. The summed E-state index contributed by atoms with van der Waals surface area (Å²) in [7, 11) is -4.40. The van der Waals surface area contributed by atoms with Crippen molar-refractivity contribution in [3.8, 4) is 0 Å². The molecule has 0 aromatic heterocycles. The van der Waals surface area contributed by atoms with E-state index in [4.69, 9.17) is 24.3 Å². The van der Waals surface area contributed by atoms with E-state index in [9.17, 15) is 19.0 Å². The zero-order chi connectivity index (χ0) is 43.2. The molecule has 0 amide bonds. The molecule has 2 atom stereocenters. The molecule has 0 aliphatic heterocycles. The Morgan fingerprint density at radius 3 is 1.51 bits per heavy atom. The van der Waals surface area contributed by atoms with E-state index >= 15 is 0 Å². The lowest BCUT2D eigenvalue weighted by atomic mass is 10.0. The molecule has 0 saturated carbocycles. The molecule has 0 saturated heterocycles. The molecule has 59 heavy (non-hydrogen) atoms. The normalized spacial score (nSPS) is 13.9. The Balaban J connectivity index is 4.19. The van der Waals surface area contributed by atoms with E-state index in [1.54, 1.807) is 0 Å². The summed E-state index contributed by atoms with van der Waals surface area (Å²) in [5.41, 5.74) is 5.35. The molecule has 3 N–H and O–H groups in total. The summed E-state index contributed by atoms with van der Waals surface area (Å²) in [6.07, 6.45) is 55.3. The minimum absolute atomic E-state index is 0.0386. The van der Waals surface area contributed by atoms with Crippen LogP contribution in [0.15, 0.2) is 72.9 Å². The second-order valence-corrected chi connectivity index (χ2v) is 16.7. The summed E-state index contributed by atoms with van der Waals surface area (Å²) < 4.78 is 32.7. The highest BCUT2D eigenvalue weighted by Crippen LogP contribution is 2.43. The number of ether oxygens (including phenoxy) is 2. The van der Waals surface area contributed by atoms with Crippen LogP contribution in [0.2, 0.25) is 0 Å². The van der Waals surface area contributed by atoms with Gasteiger partial charge in [0.05, 0.1) is 13.2 Å². The van der Waals surface area contributed by atoms with Gasteiger partial charge < -0.3 is 20.1 Å². The molecular weight excluding hydrogens is 762 g/mol. The SMILES string of the molecule is CC/C=C/C/C=C/C/C=C/C/C=C/CCCCC(=O)OC[C@H](COP(=O)(O)OCCN)OC(=O)CCC/C=C/CC/C=C/CCCCCCCCCCCCCCCC. The Bertz CT molecular complexity index is 1190. The van der Waals surface area contributed by atoms with Gasteiger partial charge in [-0.2, -0.15) is 0 Å². The van der Waals surface area contributed by atoms with Crippen LogP contribution in [0.4, 0.5) is 0 Å². The fourth-order valence-corrected chi connectivity index (χ4v) is 6.88. The minimum atomic E-state index is -4.40. The van der Waals surface area contributed by atoms with Gasteiger partial charge in [-0.05, 0) is 83.5 Å². The van der Waals surface area contributed by atoms with Crippen molar-refractivity contribution < 1.29 is 37.6 Å². The van der Waals surface area contributed by atoms with E-state index in [1.807, 2.05) is 0 Å². The number of unbranched alkanes of at least 4 members (excludes halogenated alkanes) is 18. The molecule has 0 bridgehead atoms. The maximum absolute atomic E-state index is 12.6. The Hall–Kier alpha value is -2.55. The number of hydrogen-bond acceptors (Lipinski definition) is 8. The molecule has 0 radical (unpaired) electrons. The van der Waals surface area contributed by atoms with Crippen molar-refractivity contribution in [3.63, 3.8) is 0 Å². The number of rotatable bonds is 43. The first-order valence-corrected chi connectivity index (χ1v) is 24.9. The third kappa shape index (κ3) is 44.8. The van der Waals surface area contributed by atoms with Crippen molar-refractivity contribution in [1.29, 1.82) is 0 Å². The average Bonchev–Trinajstić information content (AvgIpc) is 3.22. The van der Waals surface area contributed by atoms with E-state index in [0.29, 0.717) is 12.8 Å². The van der Waals surface area contributed by atoms with Gasteiger partial charge in [0.2, 0.25) is 0 Å². The van der Waals surface area contributed by atoms with E-state index in [2.05, 4.69) is 86.8 Å². The predicted molar refractivity (Wildman–Crippen MR) is 247 cm³/mol. The second-order valence-electron chi connectivity index (χ2n) is 15.2. The Morgan fingerprint density at radius 1 is 0.525 bits per heavy atom. The zero-order valence-corrected chi connectivity index (χ0v) is 38.4. The fraction of sp³-hybridized carbons (Fsp3) is 0.714. The van der Waals surface area contributed by atoms with Gasteiger partial charge in [0.15, 0.2) is 6.10 Å². The summed E-state index contributed by atoms with van der Waals surface area (Å²) in [6.45, 7) is 3.53. The van der Waals surface area contributed by atoms with Crippen LogP contribution < -0.4 is 5.73 Å². The van der Waals surface area contributed by atoms with Crippen molar-refractivity contribution in [3.05, 3.63) is 72.9 Å². The van der Waals surface area contributed by atoms with Crippen LogP contribution in [-0.2, 0) is 32.7 Å². The van der Waals surface area contributed by atoms with Gasteiger partial charge in [-0.25, -0.2) is 4.57 Å². The molecule has 0 aliphatic rings. The highest BCUT2D eigenvalue weighted by molar-refractivity contribution is 7.47. The molecule has 0 fully saturated rings. The minimum Gasteiger partial charge on any atom is -0.462 e. The lowest BCUT2D eigenvalue weighted by molar-refractivity contribution is -0.161. The molecule has 0 spiro atoms. The first-order chi connectivity index (χ1) is 28.8. The van der Waals surface area contributed by atoms with Crippen molar-refractivity contribution in [2.24, 2.45) is 5.73 Å². The van der Waals surface area contributed by atoms with Gasteiger partial charge in [0, 0.05) is 19.4 Å². The van der Waals surface area contributed by atoms with E-state index in [-0.39, 0.29) is 32.6 Å². The summed E-state index contributed by atoms with van der Waals surface area (Å²) >= 11 is 0. The molecule has 0 rings (SSSR count). The highest BCUT2D eigenvalue weighted by atomic mass is 31.2. The summed E-state index contributed by atoms with van der Waals surface area (Å²) in [5.74, 6) is -0.930. The molecule has 0 aliphatic carbocycles. The third-order valence-electron chi connectivity index (χ3n) is 9.55. The maximum atomic E-state index is 12.6. The number of phosphoric ester groups is 1. The van der Waals surface area contributed by atoms with Crippen molar-refractivity contribution in [2.45, 2.75) is 200 Å². The van der Waals surface area contributed by atoms with Gasteiger partial charge in [0.25, 0.3) is 0 Å². The van der Waals surface area contributed by atoms with E-state index < -0.39 is 32.5 Å². The number of carbonyl (C=O) groups is 2. The monoisotopic (exact) mass is 848 g/mol. The number of carbonyl (C=O) groups excluding carboxylic acids is 2. The molecule has 0 aromatic rings. The lowest BCUT2D eigenvalue weighted by Gasteiger charge is -2.19. The zero-order valence-electron chi connectivity index (χ0n) is 37.5. The molecular formula is C49H86NO8P. The molecule has 340 valence electrons. The van der Waals surface area contributed by atoms with Crippen molar-refractivity contribution in [2.75, 3.05) is 26.4 Å². The third-order valence-corrected chi connectivity index (χ3v) is 10.5. The Kier molecular flexibility index (Phi) is 43.0. The van der Waals surface area contributed by atoms with Gasteiger partial charge >= 0.3 is 19.8 Å². The number of hydrogen-bond donors (Lipinski definition) is 2. The second kappa shape index (κ2) is 45.0. The van der Waals surface area contributed by atoms with E-state index in [1.165, 1.54) is 89.9 Å². The molecule has 0 heterocycles. The molecule has 0 aromatic carbocycles. The molecule has 10 heteroatoms. The van der Waals surface area contributed by atoms with Crippen molar-refractivity contribution >= 4 is 19.8 Å². The summed E-state index contributed by atoms with van der Waals surface area (Å²) in [4.78, 5) is 34.9. The smallest absolute Gasteiger partial charge is 0.462 e. The van der Waals surface area contributed by atoms with Gasteiger partial charge in [-0.15, -0.1) is 0 Å². The molecule has 9 nitrogen and oxygen atoms in total. The standard InChI is InChI=1S/C49H86NO8P/c1-3-5-7-9-11-13-15-17-19-20-21-22-23-24-25-26-28-30-32-34-36-38-40-42-49(52)58-47(46-57-59(53,54)56-44-43-50)45-55-48(51)41-39-37-35-33-31-29-27-18-16-14-12-10-8-6-4-2/h6,8,12,14,18,26-28,31,33-34,36,47H,3-5,7,9-11,13,15-17,19-25,29-30,32,35,37-46,50H2,1-2H3,(H,53,54)/b8-6+,14-12+,27-18+,28-26+,33-31+,36-34+/t47-/m1/s1. The lowest BCUT2D eigenvalue weighted by Crippen LogP contribution is -2.29.